The molecule has 0 N–H and O–H groups in total. The van der Waals surface area contributed by atoms with Crippen LogP contribution in [0.5, 0.6) is 0 Å². The highest BCUT2D eigenvalue weighted by molar-refractivity contribution is 6.46. The molecule has 0 atom stereocenters. The van der Waals surface area contributed by atoms with Crippen LogP contribution in [0, 0.1) is 13.8 Å². The second-order valence-corrected chi connectivity index (χ2v) is 7.78. The van der Waals surface area contributed by atoms with Crippen LogP contribution in [0.15, 0.2) is 78.5 Å². The van der Waals surface area contributed by atoms with Gasteiger partial charge in [0.05, 0.1) is 11.3 Å². The van der Waals surface area contributed by atoms with E-state index in [0.717, 1.165) is 22.4 Å². The lowest BCUT2D eigenvalue weighted by atomic mass is 9.99. The Bertz CT molecular complexity index is 1180. The minimum atomic E-state index is -0.373. The van der Waals surface area contributed by atoms with Crippen LogP contribution in [0.25, 0.3) is 5.57 Å². The van der Waals surface area contributed by atoms with Gasteiger partial charge in [-0.15, -0.1) is 0 Å². The van der Waals surface area contributed by atoms with Gasteiger partial charge in [0, 0.05) is 17.8 Å². The Morgan fingerprint density at radius 3 is 2.20 bits per heavy atom. The molecule has 0 saturated heterocycles. The van der Waals surface area contributed by atoms with Crippen LogP contribution in [0.4, 0.5) is 11.4 Å². The third-order valence-corrected chi connectivity index (χ3v) is 5.64. The van der Waals surface area contributed by atoms with Crippen LogP contribution in [0.2, 0.25) is 5.02 Å². The fourth-order valence-electron chi connectivity index (χ4n) is 3.62. The highest BCUT2D eigenvalue weighted by atomic mass is 35.5. The highest BCUT2D eigenvalue weighted by Gasteiger charge is 2.42. The molecule has 0 unspecified atom stereocenters. The predicted molar refractivity (Wildman–Crippen MR) is 122 cm³/mol. The first-order valence-electron chi connectivity index (χ1n) is 9.63. The second kappa shape index (κ2) is 7.81. The molecule has 4 rings (SSSR count). The summed E-state index contributed by atoms with van der Waals surface area (Å²) in [6.45, 7) is 4.01. The van der Waals surface area contributed by atoms with Gasteiger partial charge in [-0.05, 0) is 60.9 Å². The van der Waals surface area contributed by atoms with Crippen molar-refractivity contribution in [2.24, 2.45) is 0 Å². The summed E-state index contributed by atoms with van der Waals surface area (Å²) in [7, 11) is 1.80. The van der Waals surface area contributed by atoms with Gasteiger partial charge in [-0.2, -0.15) is 0 Å². The minimum absolute atomic E-state index is 0.342. The maximum absolute atomic E-state index is 13.5. The molecule has 1 aliphatic rings. The number of para-hydroxylation sites is 1. The lowest BCUT2D eigenvalue weighted by Crippen LogP contribution is -2.34. The van der Waals surface area contributed by atoms with Crippen LogP contribution in [0.1, 0.15) is 16.7 Å². The van der Waals surface area contributed by atoms with Gasteiger partial charge in [-0.3, -0.25) is 9.59 Å². The Kier molecular flexibility index (Phi) is 5.18. The molecule has 4 nitrogen and oxygen atoms in total. The van der Waals surface area contributed by atoms with Crippen molar-refractivity contribution >= 4 is 40.4 Å². The van der Waals surface area contributed by atoms with Gasteiger partial charge in [-0.25, -0.2) is 4.90 Å². The zero-order valence-corrected chi connectivity index (χ0v) is 17.8. The van der Waals surface area contributed by atoms with E-state index in [4.69, 9.17) is 11.6 Å². The first-order chi connectivity index (χ1) is 14.4. The lowest BCUT2D eigenvalue weighted by Gasteiger charge is -2.21. The lowest BCUT2D eigenvalue weighted by molar-refractivity contribution is -0.120. The van der Waals surface area contributed by atoms with Crippen molar-refractivity contribution in [1.82, 2.24) is 0 Å². The van der Waals surface area contributed by atoms with Crippen molar-refractivity contribution in [3.63, 3.8) is 0 Å². The van der Waals surface area contributed by atoms with Crippen LogP contribution in [-0.4, -0.2) is 18.9 Å². The molecule has 0 radical (unpaired) electrons. The van der Waals surface area contributed by atoms with E-state index in [1.165, 1.54) is 4.90 Å². The van der Waals surface area contributed by atoms with E-state index < -0.39 is 0 Å². The third-order valence-electron chi connectivity index (χ3n) is 5.40. The van der Waals surface area contributed by atoms with Crippen LogP contribution >= 0.6 is 11.6 Å². The van der Waals surface area contributed by atoms with Crippen molar-refractivity contribution in [3.05, 3.63) is 100 Å². The number of amides is 2. The van der Waals surface area contributed by atoms with E-state index in [1.54, 1.807) is 36.2 Å². The topological polar surface area (TPSA) is 40.6 Å². The smallest absolute Gasteiger partial charge is 0.282 e. The second-order valence-electron chi connectivity index (χ2n) is 7.34. The average molecular weight is 417 g/mol. The van der Waals surface area contributed by atoms with E-state index in [0.29, 0.717) is 22.0 Å². The van der Waals surface area contributed by atoms with Crippen molar-refractivity contribution in [2.45, 2.75) is 13.8 Å². The number of carbonyl (C=O) groups is 2. The first kappa shape index (κ1) is 19.9. The normalized spacial score (nSPS) is 13.9. The van der Waals surface area contributed by atoms with Crippen molar-refractivity contribution in [1.29, 1.82) is 0 Å². The third kappa shape index (κ3) is 3.40. The van der Waals surface area contributed by atoms with Gasteiger partial charge < -0.3 is 4.90 Å². The Morgan fingerprint density at radius 2 is 1.53 bits per heavy atom. The summed E-state index contributed by atoms with van der Waals surface area (Å²) in [5.74, 6) is -0.731. The van der Waals surface area contributed by atoms with Gasteiger partial charge in [0.15, 0.2) is 0 Å². The summed E-state index contributed by atoms with van der Waals surface area (Å²) >= 11 is 6.13. The van der Waals surface area contributed by atoms with E-state index in [2.05, 4.69) is 0 Å². The molecule has 30 heavy (non-hydrogen) atoms. The number of halogens is 1. The molecule has 0 saturated carbocycles. The molecule has 0 fully saturated rings. The fourth-order valence-corrected chi connectivity index (χ4v) is 3.80. The summed E-state index contributed by atoms with van der Waals surface area (Å²) in [6.07, 6.45) is 0. The number of imide groups is 1. The largest absolute Gasteiger partial charge is 0.339 e. The monoisotopic (exact) mass is 416 g/mol. The number of benzene rings is 3. The Hall–Kier alpha value is -3.37. The van der Waals surface area contributed by atoms with Gasteiger partial charge >= 0.3 is 0 Å². The number of hydrogen-bond donors (Lipinski definition) is 0. The fraction of sp³-hybridized carbons (Fsp3) is 0.120. The van der Waals surface area contributed by atoms with Gasteiger partial charge in [0.2, 0.25) is 0 Å². The quantitative estimate of drug-likeness (QED) is 0.536. The minimum Gasteiger partial charge on any atom is -0.339 e. The molecule has 0 spiro atoms. The maximum atomic E-state index is 13.5. The molecule has 150 valence electrons. The molecule has 5 heteroatoms. The van der Waals surface area contributed by atoms with Gasteiger partial charge in [0.25, 0.3) is 11.8 Å². The number of carbonyl (C=O) groups excluding carboxylic acids is 2. The Labute approximate surface area is 181 Å². The summed E-state index contributed by atoms with van der Waals surface area (Å²) < 4.78 is 0. The Balaban J connectivity index is 1.91. The Morgan fingerprint density at radius 1 is 0.800 bits per heavy atom. The molecule has 3 aromatic rings. The summed E-state index contributed by atoms with van der Waals surface area (Å²) in [5, 5.41) is 0.464. The first-order valence-corrected chi connectivity index (χ1v) is 10.0. The summed E-state index contributed by atoms with van der Waals surface area (Å²) in [4.78, 5) is 30.1. The zero-order valence-electron chi connectivity index (χ0n) is 17.0. The molecule has 0 aliphatic carbocycles. The molecule has 3 aromatic carbocycles. The van der Waals surface area contributed by atoms with E-state index >= 15 is 0 Å². The molecular formula is C25H21ClN2O2. The van der Waals surface area contributed by atoms with Gasteiger partial charge in [-0.1, -0.05) is 54.1 Å². The van der Waals surface area contributed by atoms with Crippen LogP contribution in [-0.2, 0) is 9.59 Å². The van der Waals surface area contributed by atoms with Crippen molar-refractivity contribution in [3.8, 4) is 0 Å². The van der Waals surface area contributed by atoms with Crippen LogP contribution in [0.3, 0.4) is 0 Å². The van der Waals surface area contributed by atoms with E-state index in [-0.39, 0.29) is 11.8 Å². The number of nitrogens with zero attached hydrogens (tertiary/aromatic N) is 2. The van der Waals surface area contributed by atoms with Crippen molar-refractivity contribution < 1.29 is 9.59 Å². The molecule has 2 amide bonds. The molecule has 0 bridgehead atoms. The number of rotatable bonds is 4. The molecule has 1 aliphatic heterocycles. The molecule has 0 aromatic heterocycles. The standard InChI is InChI=1S/C25H21ClN2O2/c1-16-12-13-18(14-17(16)2)22-23(27(3)20-9-5-4-6-10-20)25(30)28(24(22)29)21-11-7-8-19(26)15-21/h4-15H,1-3H3. The summed E-state index contributed by atoms with van der Waals surface area (Å²) in [5.41, 5.74) is 4.91. The van der Waals surface area contributed by atoms with Gasteiger partial charge in [0.1, 0.15) is 5.70 Å². The maximum Gasteiger partial charge on any atom is 0.282 e. The van der Waals surface area contributed by atoms with E-state index in [9.17, 15) is 9.59 Å². The SMILES string of the molecule is Cc1ccc(C2=C(N(C)c3ccccc3)C(=O)N(c3cccc(Cl)c3)C2=O)cc1C. The van der Waals surface area contributed by atoms with E-state index in [1.807, 2.05) is 62.4 Å². The van der Waals surface area contributed by atoms with Crippen LogP contribution < -0.4 is 9.80 Å². The zero-order chi connectivity index (χ0) is 21.4. The predicted octanol–water partition coefficient (Wildman–Crippen LogP) is 5.38. The summed E-state index contributed by atoms with van der Waals surface area (Å²) in [6, 6.07) is 22.1. The van der Waals surface area contributed by atoms with Crippen molar-refractivity contribution in [2.75, 3.05) is 16.8 Å². The highest BCUT2D eigenvalue weighted by Crippen LogP contribution is 2.37. The number of anilines is 2. The number of likely N-dealkylation sites (N-methyl/N-ethyl adjacent to an activating group) is 1. The average Bonchev–Trinajstić information content (AvgIpc) is 3.00. The molecule has 1 heterocycles. The molecular weight excluding hydrogens is 396 g/mol. The number of hydrogen-bond acceptors (Lipinski definition) is 3. The number of aryl methyl sites for hydroxylation is 2.